The quantitative estimate of drug-likeness (QED) is 0.392. The van der Waals surface area contributed by atoms with Crippen LogP contribution >= 0.6 is 24.0 Å². The molecule has 9 heteroatoms. The van der Waals surface area contributed by atoms with E-state index in [1.165, 1.54) is 29.2 Å². The van der Waals surface area contributed by atoms with E-state index in [-0.39, 0.29) is 28.4 Å². The number of thioether (sulfide) groups is 1. The van der Waals surface area contributed by atoms with Gasteiger partial charge in [0.15, 0.2) is 0 Å². The van der Waals surface area contributed by atoms with Crippen molar-refractivity contribution >= 4 is 52.2 Å². The first-order valence-electron chi connectivity index (χ1n) is 7.84. The Labute approximate surface area is 168 Å². The minimum atomic E-state index is -1.53. The predicted octanol–water partition coefficient (Wildman–Crippen LogP) is 1.06. The molecular formula is C19H11NO6S2-2. The van der Waals surface area contributed by atoms with Gasteiger partial charge < -0.3 is 24.2 Å². The monoisotopic (exact) mass is 413 g/mol. The SMILES string of the molecule is C=CCN1C(=O)/C(=C/c2ccc(-c3cc(C(=O)[O-])cc(C(=O)[O-])c3)o2)SC1=S. The van der Waals surface area contributed by atoms with E-state index in [1.54, 1.807) is 12.1 Å². The molecule has 7 nitrogen and oxygen atoms in total. The topological polar surface area (TPSA) is 114 Å². The Morgan fingerprint density at radius 1 is 1.18 bits per heavy atom. The Kier molecular flexibility index (Phi) is 5.48. The van der Waals surface area contributed by atoms with Crippen molar-refractivity contribution in [3.05, 3.63) is 64.8 Å². The molecule has 0 radical (unpaired) electrons. The van der Waals surface area contributed by atoms with Gasteiger partial charge in [0, 0.05) is 18.2 Å². The third kappa shape index (κ3) is 3.90. The van der Waals surface area contributed by atoms with Crippen LogP contribution in [-0.4, -0.2) is 33.6 Å². The van der Waals surface area contributed by atoms with Crippen molar-refractivity contribution in [1.29, 1.82) is 0 Å². The molecule has 3 rings (SSSR count). The highest BCUT2D eigenvalue weighted by atomic mass is 32.2. The molecule has 0 unspecified atom stereocenters. The third-order valence-corrected chi connectivity index (χ3v) is 5.15. The standard InChI is InChI=1S/C19H13NO6S2/c1-2-5-20-16(21)15(28-19(20)27)9-13-3-4-14(26-13)10-6-11(17(22)23)8-12(7-10)18(24)25/h2-4,6-9H,1,5H2,(H,22,23)(H,24,25)/p-2/b15-9-. The molecule has 1 saturated heterocycles. The zero-order chi connectivity index (χ0) is 20.4. The highest BCUT2D eigenvalue weighted by Gasteiger charge is 2.31. The summed E-state index contributed by atoms with van der Waals surface area (Å²) in [5, 5.41) is 22.2. The van der Waals surface area contributed by atoms with Crippen LogP contribution in [-0.2, 0) is 4.79 Å². The minimum Gasteiger partial charge on any atom is -0.545 e. The first-order valence-corrected chi connectivity index (χ1v) is 9.07. The van der Waals surface area contributed by atoms with Crippen molar-refractivity contribution in [3.8, 4) is 11.3 Å². The third-order valence-electron chi connectivity index (χ3n) is 3.77. The van der Waals surface area contributed by atoms with Gasteiger partial charge in [-0.25, -0.2) is 0 Å². The molecule has 142 valence electrons. The lowest BCUT2D eigenvalue weighted by Gasteiger charge is -2.10. The number of thiocarbonyl (C=S) groups is 1. The molecule has 0 N–H and O–H groups in total. The second-order valence-electron chi connectivity index (χ2n) is 5.66. The molecule has 1 aliphatic heterocycles. The van der Waals surface area contributed by atoms with Crippen LogP contribution in [0.15, 0.2) is 52.3 Å². The number of rotatable bonds is 6. The Morgan fingerprint density at radius 2 is 1.82 bits per heavy atom. The number of carboxylic acids is 2. The molecule has 1 aromatic heterocycles. The Morgan fingerprint density at radius 3 is 2.39 bits per heavy atom. The maximum absolute atomic E-state index is 12.3. The average Bonchev–Trinajstić information content (AvgIpc) is 3.22. The molecule has 0 atom stereocenters. The highest BCUT2D eigenvalue weighted by molar-refractivity contribution is 8.26. The molecule has 2 heterocycles. The van der Waals surface area contributed by atoms with E-state index in [0.29, 0.717) is 21.5 Å². The van der Waals surface area contributed by atoms with Crippen LogP contribution in [0.4, 0.5) is 0 Å². The number of furan rings is 1. The van der Waals surface area contributed by atoms with Crippen molar-refractivity contribution in [2.45, 2.75) is 0 Å². The first kappa shape index (κ1) is 19.6. The van der Waals surface area contributed by atoms with E-state index in [4.69, 9.17) is 16.6 Å². The lowest BCUT2D eigenvalue weighted by Crippen LogP contribution is -2.27. The van der Waals surface area contributed by atoms with E-state index in [1.807, 2.05) is 0 Å². The summed E-state index contributed by atoms with van der Waals surface area (Å²) < 4.78 is 6.04. The molecule has 2 aromatic rings. The first-order chi connectivity index (χ1) is 13.3. The summed E-state index contributed by atoms with van der Waals surface area (Å²) in [5.41, 5.74) is -0.417. The number of nitrogens with zero attached hydrogens (tertiary/aromatic N) is 1. The van der Waals surface area contributed by atoms with Gasteiger partial charge in [-0.1, -0.05) is 30.1 Å². The minimum absolute atomic E-state index is 0.221. The summed E-state index contributed by atoms with van der Waals surface area (Å²) in [6.07, 6.45) is 3.08. The van der Waals surface area contributed by atoms with Gasteiger partial charge in [0.2, 0.25) is 0 Å². The molecule has 28 heavy (non-hydrogen) atoms. The van der Waals surface area contributed by atoms with Crippen LogP contribution in [0.3, 0.4) is 0 Å². The summed E-state index contributed by atoms with van der Waals surface area (Å²) in [7, 11) is 0. The van der Waals surface area contributed by atoms with Crippen molar-refractivity contribution in [1.82, 2.24) is 4.90 Å². The number of hydrogen-bond donors (Lipinski definition) is 0. The zero-order valence-corrected chi connectivity index (χ0v) is 15.8. The fourth-order valence-electron chi connectivity index (χ4n) is 2.51. The van der Waals surface area contributed by atoms with Gasteiger partial charge in [-0.05, 0) is 41.5 Å². The number of hydrogen-bond acceptors (Lipinski definition) is 8. The zero-order valence-electron chi connectivity index (χ0n) is 14.2. The summed E-state index contributed by atoms with van der Waals surface area (Å²) >= 11 is 6.28. The maximum Gasteiger partial charge on any atom is 0.266 e. The number of aromatic carboxylic acids is 2. The van der Waals surface area contributed by atoms with Gasteiger partial charge in [0.05, 0.1) is 16.8 Å². The van der Waals surface area contributed by atoms with E-state index >= 15 is 0 Å². The maximum atomic E-state index is 12.3. The molecule has 1 aromatic carbocycles. The Bertz CT molecular complexity index is 1020. The molecule has 1 amide bonds. The number of carbonyl (C=O) groups excluding carboxylic acids is 3. The molecule has 0 saturated carbocycles. The number of amides is 1. The normalized spacial score (nSPS) is 15.3. The van der Waals surface area contributed by atoms with Gasteiger partial charge >= 0.3 is 0 Å². The largest absolute Gasteiger partial charge is 0.545 e. The molecule has 0 spiro atoms. The molecule has 1 fully saturated rings. The predicted molar refractivity (Wildman–Crippen MR) is 103 cm³/mol. The van der Waals surface area contributed by atoms with Gasteiger partial charge in [0.1, 0.15) is 15.8 Å². The van der Waals surface area contributed by atoms with Crippen LogP contribution < -0.4 is 10.2 Å². The summed E-state index contributed by atoms with van der Waals surface area (Å²) in [4.78, 5) is 36.3. The number of carbonyl (C=O) groups is 3. The molecule has 1 aliphatic rings. The average molecular weight is 413 g/mol. The van der Waals surface area contributed by atoms with Crippen LogP contribution in [0.2, 0.25) is 0 Å². The Balaban J connectivity index is 1.94. The Hall–Kier alpha value is -3.17. The lowest BCUT2D eigenvalue weighted by atomic mass is 10.0. The van der Waals surface area contributed by atoms with Gasteiger partial charge in [0.25, 0.3) is 5.91 Å². The van der Waals surface area contributed by atoms with E-state index in [2.05, 4.69) is 6.58 Å². The lowest BCUT2D eigenvalue weighted by molar-refractivity contribution is -0.255. The van der Waals surface area contributed by atoms with E-state index in [0.717, 1.165) is 17.8 Å². The van der Waals surface area contributed by atoms with Crippen molar-refractivity contribution in [2.24, 2.45) is 0 Å². The second kappa shape index (κ2) is 7.83. The highest BCUT2D eigenvalue weighted by Crippen LogP contribution is 2.33. The van der Waals surface area contributed by atoms with Crippen molar-refractivity contribution < 1.29 is 29.0 Å². The fraction of sp³-hybridized carbons (Fsp3) is 0.0526. The van der Waals surface area contributed by atoms with Gasteiger partial charge in [-0.15, -0.1) is 6.58 Å². The number of benzene rings is 1. The van der Waals surface area contributed by atoms with Crippen molar-refractivity contribution in [3.63, 3.8) is 0 Å². The molecule has 0 aliphatic carbocycles. The summed E-state index contributed by atoms with van der Waals surface area (Å²) in [5.74, 6) is -2.78. The van der Waals surface area contributed by atoms with Crippen molar-refractivity contribution in [2.75, 3.05) is 6.54 Å². The molecule has 0 bridgehead atoms. The van der Waals surface area contributed by atoms with E-state index in [9.17, 15) is 24.6 Å². The van der Waals surface area contributed by atoms with Crippen LogP contribution in [0.1, 0.15) is 26.5 Å². The van der Waals surface area contributed by atoms with Crippen LogP contribution in [0.25, 0.3) is 17.4 Å². The van der Waals surface area contributed by atoms with Crippen LogP contribution in [0.5, 0.6) is 0 Å². The van der Waals surface area contributed by atoms with Gasteiger partial charge in [-0.2, -0.15) is 0 Å². The van der Waals surface area contributed by atoms with Gasteiger partial charge in [-0.3, -0.25) is 9.69 Å². The second-order valence-corrected chi connectivity index (χ2v) is 7.33. The molecular weight excluding hydrogens is 402 g/mol. The van der Waals surface area contributed by atoms with E-state index < -0.39 is 11.9 Å². The smallest absolute Gasteiger partial charge is 0.266 e. The number of carboxylic acid groups (broad SMARTS) is 2. The summed E-state index contributed by atoms with van der Waals surface area (Å²) in [6, 6.07) is 6.51. The fourth-order valence-corrected chi connectivity index (χ4v) is 3.76. The van der Waals surface area contributed by atoms with Crippen LogP contribution in [0, 0.1) is 0 Å². The summed E-state index contributed by atoms with van der Waals surface area (Å²) in [6.45, 7) is 3.88.